The van der Waals surface area contributed by atoms with Crippen molar-refractivity contribution in [3.8, 4) is 0 Å². The molecule has 2 bridgehead atoms. The molecule has 2 aliphatic carbocycles. The molecule has 0 spiro atoms. The Bertz CT molecular complexity index is 225. The first-order valence-corrected chi connectivity index (χ1v) is 6.25. The number of ether oxygens (including phenoxy) is 2. The Kier molecular flexibility index (Phi) is 3.81. The summed E-state index contributed by atoms with van der Waals surface area (Å²) in [5, 5.41) is 0. The highest BCUT2D eigenvalue weighted by molar-refractivity contribution is 5.10. The fraction of sp³-hybridized carbons (Fsp3) is 0.846. The van der Waals surface area contributed by atoms with E-state index in [0.717, 1.165) is 18.9 Å². The minimum Gasteiger partial charge on any atom is -0.353 e. The van der Waals surface area contributed by atoms with E-state index in [4.69, 9.17) is 9.47 Å². The van der Waals surface area contributed by atoms with Crippen molar-refractivity contribution >= 4 is 0 Å². The van der Waals surface area contributed by atoms with Gasteiger partial charge in [-0.2, -0.15) is 0 Å². The Morgan fingerprint density at radius 2 is 2.20 bits per heavy atom. The van der Waals surface area contributed by atoms with Gasteiger partial charge >= 0.3 is 0 Å². The zero-order valence-corrected chi connectivity index (χ0v) is 9.82. The van der Waals surface area contributed by atoms with Crippen molar-refractivity contribution in [3.05, 3.63) is 12.2 Å². The van der Waals surface area contributed by atoms with Crippen LogP contribution in [0.15, 0.2) is 12.2 Å². The highest BCUT2D eigenvalue weighted by atomic mass is 16.7. The second-order valence-corrected chi connectivity index (χ2v) is 4.75. The Morgan fingerprint density at radius 3 is 2.80 bits per heavy atom. The number of unbranched alkanes of at least 4 members (excludes halogenated alkanes) is 1. The van der Waals surface area contributed by atoms with Crippen molar-refractivity contribution in [1.82, 2.24) is 0 Å². The summed E-state index contributed by atoms with van der Waals surface area (Å²) in [6.45, 7) is 5.02. The number of allylic oxidation sites excluding steroid dienone is 1. The summed E-state index contributed by atoms with van der Waals surface area (Å²) in [4.78, 5) is 0. The van der Waals surface area contributed by atoms with Gasteiger partial charge in [0, 0.05) is 12.5 Å². The fourth-order valence-corrected chi connectivity index (χ4v) is 2.57. The molecule has 4 atom stereocenters. The van der Waals surface area contributed by atoms with E-state index in [1.54, 1.807) is 0 Å². The first-order chi connectivity index (χ1) is 7.29. The summed E-state index contributed by atoms with van der Waals surface area (Å²) in [6.07, 6.45) is 9.85. The molecule has 0 aromatic heterocycles. The largest absolute Gasteiger partial charge is 0.353 e. The molecular formula is C13H22O2. The third-order valence-corrected chi connectivity index (χ3v) is 3.43. The molecule has 2 heteroatoms. The molecule has 1 saturated carbocycles. The fourth-order valence-electron chi connectivity index (χ4n) is 2.57. The minimum absolute atomic E-state index is 0.0331. The lowest BCUT2D eigenvalue weighted by molar-refractivity contribution is -0.165. The molecule has 0 N–H and O–H groups in total. The van der Waals surface area contributed by atoms with Gasteiger partial charge in [0.15, 0.2) is 6.29 Å². The normalized spacial score (nSPS) is 34.9. The van der Waals surface area contributed by atoms with Crippen molar-refractivity contribution in [2.24, 2.45) is 11.8 Å². The zero-order chi connectivity index (χ0) is 10.7. The second-order valence-electron chi connectivity index (χ2n) is 4.75. The molecule has 0 amide bonds. The standard InChI is InChI=1S/C13H22O2/c1-3-4-7-14-10(2)15-13-9-11-5-6-12(13)8-11/h5-6,10-13H,3-4,7-9H2,1-2H3. The molecule has 0 heterocycles. The molecule has 86 valence electrons. The van der Waals surface area contributed by atoms with Crippen LogP contribution in [0.1, 0.15) is 39.5 Å². The van der Waals surface area contributed by atoms with Crippen LogP contribution in [-0.4, -0.2) is 19.0 Å². The lowest BCUT2D eigenvalue weighted by Crippen LogP contribution is -2.25. The maximum absolute atomic E-state index is 5.92. The van der Waals surface area contributed by atoms with Gasteiger partial charge in [-0.3, -0.25) is 0 Å². The summed E-state index contributed by atoms with van der Waals surface area (Å²) < 4.78 is 11.5. The Hall–Kier alpha value is -0.340. The average Bonchev–Trinajstić information content (AvgIpc) is 2.79. The highest BCUT2D eigenvalue weighted by Crippen LogP contribution is 2.41. The average molecular weight is 210 g/mol. The van der Waals surface area contributed by atoms with Crippen LogP contribution in [0.5, 0.6) is 0 Å². The summed E-state index contributed by atoms with van der Waals surface area (Å²) in [5.41, 5.74) is 0. The maximum atomic E-state index is 5.92. The van der Waals surface area contributed by atoms with Gasteiger partial charge in [-0.15, -0.1) is 0 Å². The van der Waals surface area contributed by atoms with E-state index in [1.807, 2.05) is 6.92 Å². The van der Waals surface area contributed by atoms with Crippen LogP contribution in [0.25, 0.3) is 0 Å². The van der Waals surface area contributed by atoms with Gasteiger partial charge in [0.25, 0.3) is 0 Å². The van der Waals surface area contributed by atoms with Crippen molar-refractivity contribution in [1.29, 1.82) is 0 Å². The van der Waals surface area contributed by atoms with E-state index < -0.39 is 0 Å². The van der Waals surface area contributed by atoms with E-state index >= 15 is 0 Å². The first kappa shape index (κ1) is 11.2. The minimum atomic E-state index is -0.0331. The zero-order valence-electron chi connectivity index (χ0n) is 9.82. The maximum Gasteiger partial charge on any atom is 0.155 e. The van der Waals surface area contributed by atoms with Gasteiger partial charge in [-0.1, -0.05) is 25.5 Å². The third-order valence-electron chi connectivity index (χ3n) is 3.43. The monoisotopic (exact) mass is 210 g/mol. The molecule has 2 nitrogen and oxygen atoms in total. The van der Waals surface area contributed by atoms with E-state index in [0.29, 0.717) is 12.0 Å². The molecule has 15 heavy (non-hydrogen) atoms. The molecule has 0 aromatic rings. The predicted octanol–water partition coefficient (Wildman–Crippen LogP) is 3.13. The van der Waals surface area contributed by atoms with Crippen molar-refractivity contribution in [2.75, 3.05) is 6.61 Å². The molecule has 2 aliphatic rings. The molecule has 0 saturated heterocycles. The van der Waals surface area contributed by atoms with E-state index in [2.05, 4.69) is 19.1 Å². The van der Waals surface area contributed by atoms with E-state index in [9.17, 15) is 0 Å². The Balaban J connectivity index is 1.66. The van der Waals surface area contributed by atoms with Crippen molar-refractivity contribution in [3.63, 3.8) is 0 Å². The number of hydrogen-bond acceptors (Lipinski definition) is 2. The van der Waals surface area contributed by atoms with Crippen LogP contribution in [0.2, 0.25) is 0 Å². The SMILES string of the molecule is CCCCOC(C)OC1CC2C=CC1C2. The molecule has 4 unspecified atom stereocenters. The lowest BCUT2D eigenvalue weighted by atomic mass is 10.0. The van der Waals surface area contributed by atoms with Gasteiger partial charge in [0.05, 0.1) is 6.10 Å². The topological polar surface area (TPSA) is 18.5 Å². The van der Waals surface area contributed by atoms with Crippen LogP contribution in [0.3, 0.4) is 0 Å². The van der Waals surface area contributed by atoms with Crippen LogP contribution in [-0.2, 0) is 9.47 Å². The molecular weight excluding hydrogens is 188 g/mol. The third kappa shape index (κ3) is 2.82. The van der Waals surface area contributed by atoms with Crippen LogP contribution in [0, 0.1) is 11.8 Å². The summed E-state index contributed by atoms with van der Waals surface area (Å²) >= 11 is 0. The van der Waals surface area contributed by atoms with E-state index in [1.165, 1.54) is 19.3 Å². The number of hydrogen-bond donors (Lipinski definition) is 0. The predicted molar refractivity (Wildman–Crippen MR) is 60.5 cm³/mol. The molecule has 0 radical (unpaired) electrons. The summed E-state index contributed by atoms with van der Waals surface area (Å²) in [5.74, 6) is 1.44. The van der Waals surface area contributed by atoms with E-state index in [-0.39, 0.29) is 6.29 Å². The first-order valence-electron chi connectivity index (χ1n) is 6.25. The van der Waals surface area contributed by atoms with Gasteiger partial charge in [-0.25, -0.2) is 0 Å². The number of rotatable bonds is 6. The summed E-state index contributed by atoms with van der Waals surface area (Å²) in [6, 6.07) is 0. The van der Waals surface area contributed by atoms with Gasteiger partial charge in [0.2, 0.25) is 0 Å². The highest BCUT2D eigenvalue weighted by Gasteiger charge is 2.37. The Labute approximate surface area is 92.6 Å². The quantitative estimate of drug-likeness (QED) is 0.381. The molecule has 0 aliphatic heterocycles. The lowest BCUT2D eigenvalue weighted by Gasteiger charge is -2.23. The van der Waals surface area contributed by atoms with Gasteiger partial charge in [0.1, 0.15) is 0 Å². The number of fused-ring (bicyclic) bond motifs is 2. The van der Waals surface area contributed by atoms with Crippen LogP contribution < -0.4 is 0 Å². The molecule has 0 aromatic carbocycles. The van der Waals surface area contributed by atoms with Crippen LogP contribution in [0.4, 0.5) is 0 Å². The molecule has 1 fully saturated rings. The molecule has 2 rings (SSSR count). The van der Waals surface area contributed by atoms with Gasteiger partial charge < -0.3 is 9.47 Å². The van der Waals surface area contributed by atoms with Gasteiger partial charge in [-0.05, 0) is 32.1 Å². The smallest absolute Gasteiger partial charge is 0.155 e. The van der Waals surface area contributed by atoms with Crippen molar-refractivity contribution in [2.45, 2.75) is 51.9 Å². The van der Waals surface area contributed by atoms with Crippen molar-refractivity contribution < 1.29 is 9.47 Å². The second kappa shape index (κ2) is 5.13. The van der Waals surface area contributed by atoms with Crippen LogP contribution >= 0.6 is 0 Å². The summed E-state index contributed by atoms with van der Waals surface area (Å²) in [7, 11) is 0. The Morgan fingerprint density at radius 1 is 1.33 bits per heavy atom.